The molecule has 2 N–H and O–H groups in total. The maximum Gasteiger partial charge on any atom is 0.191 e. The Morgan fingerprint density at radius 1 is 1.45 bits per heavy atom. The van der Waals surface area contributed by atoms with Crippen LogP contribution in [0.3, 0.4) is 0 Å². The van der Waals surface area contributed by atoms with Crippen LogP contribution in [0.25, 0.3) is 0 Å². The predicted molar refractivity (Wildman–Crippen MR) is 83.8 cm³/mol. The average Bonchev–Trinajstić information content (AvgIpc) is 2.95. The van der Waals surface area contributed by atoms with Crippen LogP contribution >= 0.6 is 0 Å². The lowest BCUT2D eigenvalue weighted by atomic mass is 10.2. The Morgan fingerprint density at radius 2 is 2.25 bits per heavy atom. The number of aliphatic imine (C=N–C) groups is 1. The number of rotatable bonds is 4. The third-order valence-electron chi connectivity index (χ3n) is 3.52. The Kier molecular flexibility index (Phi) is 5.09. The molecule has 0 aromatic heterocycles. The fraction of sp³-hybridized carbons (Fsp3) is 0.533. The van der Waals surface area contributed by atoms with Crippen molar-refractivity contribution >= 4 is 11.6 Å². The zero-order chi connectivity index (χ0) is 14.4. The number of hydrogen-bond acceptors (Lipinski definition) is 3. The van der Waals surface area contributed by atoms with Gasteiger partial charge >= 0.3 is 0 Å². The van der Waals surface area contributed by atoms with Crippen molar-refractivity contribution in [2.75, 3.05) is 38.7 Å². The first kappa shape index (κ1) is 14.5. The van der Waals surface area contributed by atoms with Crippen LogP contribution in [0, 0.1) is 0 Å². The number of methoxy groups -OCH3 is 1. The van der Waals surface area contributed by atoms with Crippen molar-refractivity contribution < 1.29 is 4.74 Å². The number of ether oxygens (including phenoxy) is 1. The summed E-state index contributed by atoms with van der Waals surface area (Å²) in [6, 6.07) is 8.59. The maximum atomic E-state index is 5.44. The number of benzene rings is 1. The molecule has 0 aliphatic carbocycles. The van der Waals surface area contributed by atoms with Crippen molar-refractivity contribution in [3.05, 3.63) is 24.3 Å². The first-order valence-corrected chi connectivity index (χ1v) is 7.13. The van der Waals surface area contributed by atoms with E-state index < -0.39 is 0 Å². The van der Waals surface area contributed by atoms with Crippen molar-refractivity contribution in [1.29, 1.82) is 0 Å². The molecule has 5 heteroatoms. The van der Waals surface area contributed by atoms with Crippen molar-refractivity contribution in [3.8, 4) is 5.75 Å². The summed E-state index contributed by atoms with van der Waals surface area (Å²) in [7, 11) is 3.52. The lowest BCUT2D eigenvalue weighted by molar-refractivity contribution is 0.415. The minimum Gasteiger partial charge on any atom is -0.495 e. The molecular weight excluding hydrogens is 252 g/mol. The highest BCUT2D eigenvalue weighted by atomic mass is 16.5. The van der Waals surface area contributed by atoms with Gasteiger partial charge in [0.05, 0.1) is 12.8 Å². The third kappa shape index (κ3) is 3.35. The molecule has 1 atom stereocenters. The zero-order valence-corrected chi connectivity index (χ0v) is 12.5. The smallest absolute Gasteiger partial charge is 0.191 e. The summed E-state index contributed by atoms with van der Waals surface area (Å²) in [5.41, 5.74) is 1.16. The van der Waals surface area contributed by atoms with E-state index in [1.807, 2.05) is 12.1 Å². The summed E-state index contributed by atoms with van der Waals surface area (Å²) >= 11 is 0. The van der Waals surface area contributed by atoms with Gasteiger partial charge in [-0.25, -0.2) is 0 Å². The minimum absolute atomic E-state index is 0.415. The molecule has 1 saturated heterocycles. The van der Waals surface area contributed by atoms with Gasteiger partial charge in [0, 0.05) is 32.7 Å². The number of para-hydroxylation sites is 2. The van der Waals surface area contributed by atoms with E-state index in [9.17, 15) is 0 Å². The van der Waals surface area contributed by atoms with Crippen molar-refractivity contribution in [2.45, 2.75) is 19.4 Å². The van der Waals surface area contributed by atoms with Crippen molar-refractivity contribution in [3.63, 3.8) is 0 Å². The molecule has 110 valence electrons. The van der Waals surface area contributed by atoms with E-state index in [4.69, 9.17) is 4.74 Å². The Bertz CT molecular complexity index is 461. The van der Waals surface area contributed by atoms with Crippen LogP contribution in [0.15, 0.2) is 29.3 Å². The maximum absolute atomic E-state index is 5.44. The summed E-state index contributed by atoms with van der Waals surface area (Å²) in [6.07, 6.45) is 1.10. The van der Waals surface area contributed by atoms with Crippen molar-refractivity contribution in [2.24, 2.45) is 4.99 Å². The molecule has 5 nitrogen and oxygen atoms in total. The second-order valence-corrected chi connectivity index (χ2v) is 4.85. The van der Waals surface area contributed by atoms with E-state index >= 15 is 0 Å². The van der Waals surface area contributed by atoms with E-state index in [1.165, 1.54) is 0 Å². The summed E-state index contributed by atoms with van der Waals surface area (Å²) in [4.78, 5) is 6.58. The molecule has 1 aliphatic heterocycles. The molecule has 2 rings (SSSR count). The Hall–Kier alpha value is -1.91. The lowest BCUT2D eigenvalue weighted by Crippen LogP contribution is -2.44. The van der Waals surface area contributed by atoms with Crippen LogP contribution in [-0.2, 0) is 0 Å². The van der Waals surface area contributed by atoms with Crippen LogP contribution in [0.1, 0.15) is 13.3 Å². The summed E-state index contributed by atoms with van der Waals surface area (Å²) in [5.74, 6) is 1.81. The SMILES string of the molecule is CCNC(=NC)NC1CCN(c2ccccc2OC)C1. The van der Waals surface area contributed by atoms with Crippen LogP contribution in [0.5, 0.6) is 5.75 Å². The number of guanidine groups is 1. The number of nitrogens with zero attached hydrogens (tertiary/aromatic N) is 2. The van der Waals surface area contributed by atoms with Gasteiger partial charge in [0.15, 0.2) is 5.96 Å². The molecule has 20 heavy (non-hydrogen) atoms. The molecule has 1 heterocycles. The van der Waals surface area contributed by atoms with Gasteiger partial charge in [-0.2, -0.15) is 0 Å². The number of anilines is 1. The van der Waals surface area contributed by atoms with Gasteiger partial charge in [0.2, 0.25) is 0 Å². The van der Waals surface area contributed by atoms with E-state index in [2.05, 4.69) is 39.6 Å². The molecule has 1 unspecified atom stereocenters. The van der Waals surface area contributed by atoms with Crippen LogP contribution in [-0.4, -0.2) is 45.8 Å². The molecule has 0 amide bonds. The largest absolute Gasteiger partial charge is 0.495 e. The molecule has 0 spiro atoms. The van der Waals surface area contributed by atoms with E-state index in [0.29, 0.717) is 6.04 Å². The average molecular weight is 276 g/mol. The fourth-order valence-electron chi connectivity index (χ4n) is 2.54. The quantitative estimate of drug-likeness (QED) is 0.646. The Morgan fingerprint density at radius 3 is 2.95 bits per heavy atom. The number of nitrogens with one attached hydrogen (secondary N) is 2. The first-order chi connectivity index (χ1) is 9.78. The zero-order valence-electron chi connectivity index (χ0n) is 12.5. The third-order valence-corrected chi connectivity index (χ3v) is 3.52. The Balaban J connectivity index is 1.98. The molecular formula is C15H24N4O. The van der Waals surface area contributed by atoms with Crippen LogP contribution < -0.4 is 20.3 Å². The summed E-state index contributed by atoms with van der Waals surface area (Å²) < 4.78 is 5.44. The molecule has 0 bridgehead atoms. The topological polar surface area (TPSA) is 48.9 Å². The molecule has 0 saturated carbocycles. The van der Waals surface area contributed by atoms with Gasteiger partial charge in [-0.1, -0.05) is 12.1 Å². The number of hydrogen-bond donors (Lipinski definition) is 2. The normalized spacial score (nSPS) is 19.1. The fourth-order valence-corrected chi connectivity index (χ4v) is 2.54. The monoisotopic (exact) mass is 276 g/mol. The minimum atomic E-state index is 0.415. The second kappa shape index (κ2) is 7.03. The second-order valence-electron chi connectivity index (χ2n) is 4.85. The van der Waals surface area contributed by atoms with Gasteiger partial charge in [0.1, 0.15) is 5.75 Å². The van der Waals surface area contributed by atoms with Gasteiger partial charge in [-0.15, -0.1) is 0 Å². The van der Waals surface area contributed by atoms with Gasteiger partial charge < -0.3 is 20.3 Å². The van der Waals surface area contributed by atoms with Crippen LogP contribution in [0.2, 0.25) is 0 Å². The van der Waals surface area contributed by atoms with Gasteiger partial charge in [0.25, 0.3) is 0 Å². The highest BCUT2D eigenvalue weighted by molar-refractivity contribution is 5.80. The molecule has 1 fully saturated rings. The predicted octanol–water partition coefficient (Wildman–Crippen LogP) is 1.46. The van der Waals surface area contributed by atoms with E-state index in [1.54, 1.807) is 14.2 Å². The van der Waals surface area contributed by atoms with Crippen LogP contribution in [0.4, 0.5) is 5.69 Å². The molecule has 1 aromatic carbocycles. The highest BCUT2D eigenvalue weighted by Gasteiger charge is 2.24. The molecule has 1 aromatic rings. The van der Waals surface area contributed by atoms with Crippen molar-refractivity contribution in [1.82, 2.24) is 10.6 Å². The summed E-state index contributed by atoms with van der Waals surface area (Å²) in [5, 5.41) is 6.69. The van der Waals surface area contributed by atoms with E-state index in [0.717, 1.165) is 43.5 Å². The Labute approximate surface area is 121 Å². The van der Waals surface area contributed by atoms with Gasteiger partial charge in [-0.05, 0) is 25.5 Å². The van der Waals surface area contributed by atoms with E-state index in [-0.39, 0.29) is 0 Å². The standard InChI is InChI=1S/C15H24N4O/c1-4-17-15(16-2)18-12-9-10-19(11-12)13-7-5-6-8-14(13)20-3/h5-8,12H,4,9-11H2,1-3H3,(H2,16,17,18). The molecule has 1 aliphatic rings. The highest BCUT2D eigenvalue weighted by Crippen LogP contribution is 2.30. The first-order valence-electron chi connectivity index (χ1n) is 7.13. The summed E-state index contributed by atoms with van der Waals surface area (Å²) in [6.45, 7) is 4.94. The molecule has 0 radical (unpaired) electrons. The van der Waals surface area contributed by atoms with Gasteiger partial charge in [-0.3, -0.25) is 4.99 Å². The lowest BCUT2D eigenvalue weighted by Gasteiger charge is -2.22.